The van der Waals surface area contributed by atoms with Crippen LogP contribution >= 0.6 is 11.8 Å². The van der Waals surface area contributed by atoms with E-state index in [9.17, 15) is 10.1 Å². The van der Waals surface area contributed by atoms with Crippen LogP contribution in [0, 0.1) is 11.3 Å². The number of imidazole rings is 1. The number of thioether (sulfide) groups is 1. The molecule has 0 aliphatic carbocycles. The van der Waals surface area contributed by atoms with Gasteiger partial charge in [-0.05, 0) is 24.3 Å². The summed E-state index contributed by atoms with van der Waals surface area (Å²) in [5.74, 6) is 0.954. The van der Waals surface area contributed by atoms with Crippen molar-refractivity contribution in [3.63, 3.8) is 0 Å². The van der Waals surface area contributed by atoms with Gasteiger partial charge < -0.3 is 9.97 Å². The third kappa shape index (κ3) is 2.49. The van der Waals surface area contributed by atoms with Crippen molar-refractivity contribution in [3.05, 3.63) is 82.1 Å². The van der Waals surface area contributed by atoms with E-state index in [0.717, 1.165) is 16.7 Å². The topological polar surface area (TPSA) is 101 Å². The Bertz CT molecular complexity index is 1300. The fraction of sp³-hybridized carbons (Fsp3) is 0. The molecular weight excluding hydrogens is 372 g/mol. The number of hydrogen-bond acceptors (Lipinski definition) is 6. The van der Waals surface area contributed by atoms with Gasteiger partial charge in [-0.25, -0.2) is 9.97 Å². The van der Waals surface area contributed by atoms with Crippen LogP contribution in [-0.4, -0.2) is 19.9 Å². The first kappa shape index (κ1) is 16.4. The van der Waals surface area contributed by atoms with Crippen LogP contribution in [0.2, 0.25) is 0 Å². The molecule has 0 radical (unpaired) electrons. The molecule has 0 saturated carbocycles. The van der Waals surface area contributed by atoms with Gasteiger partial charge in [-0.1, -0.05) is 42.1 Å². The molecule has 1 aliphatic rings. The van der Waals surface area contributed by atoms with Crippen molar-refractivity contribution in [1.82, 2.24) is 19.9 Å². The van der Waals surface area contributed by atoms with Gasteiger partial charge in [0.1, 0.15) is 21.6 Å². The molecule has 5 rings (SSSR count). The zero-order chi connectivity index (χ0) is 19.1. The maximum absolute atomic E-state index is 12.3. The number of benzene rings is 2. The Morgan fingerprint density at radius 3 is 2.68 bits per heavy atom. The van der Waals surface area contributed by atoms with Crippen molar-refractivity contribution in [2.45, 2.75) is 4.90 Å². The summed E-state index contributed by atoms with van der Waals surface area (Å²) in [7, 11) is 0. The molecule has 7 nitrogen and oxygen atoms in total. The van der Waals surface area contributed by atoms with Gasteiger partial charge in [0.15, 0.2) is 11.6 Å². The number of para-hydroxylation sites is 3. The minimum atomic E-state index is -0.243. The summed E-state index contributed by atoms with van der Waals surface area (Å²) in [5, 5.41) is 10.6. The highest BCUT2D eigenvalue weighted by Crippen LogP contribution is 2.49. The Labute approximate surface area is 163 Å². The molecule has 1 aliphatic heterocycles. The number of nitriles is 1. The van der Waals surface area contributed by atoms with E-state index in [-0.39, 0.29) is 5.56 Å². The highest BCUT2D eigenvalue weighted by atomic mass is 32.2. The number of H-pyrrole nitrogens is 2. The minimum Gasteiger partial charge on any atom is -0.337 e. The molecule has 0 atom stereocenters. The van der Waals surface area contributed by atoms with Crippen LogP contribution in [-0.2, 0) is 0 Å². The number of fused-ring (bicyclic) bond motifs is 2. The van der Waals surface area contributed by atoms with Crippen LogP contribution in [0.25, 0.3) is 16.6 Å². The van der Waals surface area contributed by atoms with E-state index < -0.39 is 0 Å². The van der Waals surface area contributed by atoms with Crippen LogP contribution in [0.4, 0.5) is 11.5 Å². The van der Waals surface area contributed by atoms with E-state index in [0.29, 0.717) is 27.1 Å². The fourth-order valence-electron chi connectivity index (χ4n) is 3.12. The smallest absolute Gasteiger partial charge is 0.267 e. The fourth-order valence-corrected chi connectivity index (χ4v) is 4.23. The number of aromatic amines is 2. The SMILES string of the molecule is N#C/C(=C1\Sc2c(nc[nH]c2=O)N1c1ccccc1)c1nc2ccccc2[nH]1. The molecule has 0 amide bonds. The molecule has 0 bridgehead atoms. The Morgan fingerprint density at radius 2 is 1.89 bits per heavy atom. The average molecular weight is 384 g/mol. The van der Waals surface area contributed by atoms with Crippen molar-refractivity contribution in [1.29, 1.82) is 5.26 Å². The summed E-state index contributed by atoms with van der Waals surface area (Å²) in [6, 6.07) is 19.4. The molecule has 28 heavy (non-hydrogen) atoms. The number of aromatic nitrogens is 4. The molecule has 0 unspecified atom stereocenters. The van der Waals surface area contributed by atoms with Crippen LogP contribution in [0.15, 0.2) is 75.6 Å². The molecule has 8 heteroatoms. The van der Waals surface area contributed by atoms with Gasteiger partial charge in [0.2, 0.25) is 0 Å². The highest BCUT2D eigenvalue weighted by molar-refractivity contribution is 8.04. The second kappa shape index (κ2) is 6.40. The summed E-state index contributed by atoms with van der Waals surface area (Å²) >= 11 is 1.22. The number of anilines is 2. The maximum atomic E-state index is 12.3. The van der Waals surface area contributed by atoms with Crippen LogP contribution in [0.1, 0.15) is 5.82 Å². The molecule has 3 heterocycles. The van der Waals surface area contributed by atoms with Gasteiger partial charge in [-0.15, -0.1) is 0 Å². The average Bonchev–Trinajstić information content (AvgIpc) is 3.32. The third-order valence-corrected chi connectivity index (χ3v) is 5.52. The molecule has 0 spiro atoms. The molecule has 4 aromatic rings. The first-order chi connectivity index (χ1) is 13.8. The normalized spacial score (nSPS) is 14.8. The second-order valence-electron chi connectivity index (χ2n) is 6.05. The predicted octanol–water partition coefficient (Wildman–Crippen LogP) is 3.78. The summed E-state index contributed by atoms with van der Waals surface area (Å²) in [4.78, 5) is 29.3. The van der Waals surface area contributed by atoms with Crippen molar-refractivity contribution in [2.24, 2.45) is 0 Å². The van der Waals surface area contributed by atoms with Gasteiger partial charge in [-0.3, -0.25) is 9.69 Å². The first-order valence-electron chi connectivity index (χ1n) is 8.46. The van der Waals surface area contributed by atoms with E-state index in [2.05, 4.69) is 26.0 Å². The standard InChI is InChI=1S/C20H12N6OS/c21-10-13(17-24-14-8-4-5-9-15(14)25-17)20-26(12-6-2-1-3-7-12)18-16(28-20)19(27)23-11-22-18/h1-9,11H,(H,24,25)(H,22,23,27)/b20-13+. The first-order valence-corrected chi connectivity index (χ1v) is 9.28. The lowest BCUT2D eigenvalue weighted by Crippen LogP contribution is -2.15. The number of hydrogen-bond donors (Lipinski definition) is 2. The molecular formula is C20H12N6OS. The van der Waals surface area contributed by atoms with E-state index in [1.165, 1.54) is 18.1 Å². The Hall–Kier alpha value is -3.83. The summed E-state index contributed by atoms with van der Waals surface area (Å²) < 4.78 is 0. The van der Waals surface area contributed by atoms with E-state index in [1.54, 1.807) is 0 Å². The summed E-state index contributed by atoms with van der Waals surface area (Å²) in [5.41, 5.74) is 2.53. The van der Waals surface area contributed by atoms with Crippen molar-refractivity contribution >= 4 is 39.9 Å². The van der Waals surface area contributed by atoms with Gasteiger partial charge in [0.25, 0.3) is 5.56 Å². The molecule has 134 valence electrons. The minimum absolute atomic E-state index is 0.243. The second-order valence-corrected chi connectivity index (χ2v) is 7.05. The lowest BCUT2D eigenvalue weighted by molar-refractivity contribution is 1.02. The lowest BCUT2D eigenvalue weighted by Gasteiger charge is -2.20. The lowest BCUT2D eigenvalue weighted by atomic mass is 10.2. The quantitative estimate of drug-likeness (QED) is 0.510. The molecule has 2 N–H and O–H groups in total. The van der Waals surface area contributed by atoms with Crippen molar-refractivity contribution in [2.75, 3.05) is 4.90 Å². The van der Waals surface area contributed by atoms with E-state index >= 15 is 0 Å². The highest BCUT2D eigenvalue weighted by Gasteiger charge is 2.34. The number of nitrogens with zero attached hydrogens (tertiary/aromatic N) is 4. The van der Waals surface area contributed by atoms with Crippen LogP contribution in [0.5, 0.6) is 0 Å². The van der Waals surface area contributed by atoms with Crippen LogP contribution < -0.4 is 10.5 Å². The molecule has 0 saturated heterocycles. The van der Waals surface area contributed by atoms with Crippen molar-refractivity contribution in [3.8, 4) is 6.07 Å². The number of rotatable bonds is 2. The Balaban J connectivity index is 1.77. The Morgan fingerprint density at radius 1 is 1.11 bits per heavy atom. The Kier molecular flexibility index (Phi) is 3.74. The largest absolute Gasteiger partial charge is 0.337 e. The zero-order valence-corrected chi connectivity index (χ0v) is 15.2. The predicted molar refractivity (Wildman–Crippen MR) is 108 cm³/mol. The van der Waals surface area contributed by atoms with Gasteiger partial charge in [0, 0.05) is 5.69 Å². The van der Waals surface area contributed by atoms with Crippen LogP contribution in [0.3, 0.4) is 0 Å². The summed E-state index contributed by atoms with van der Waals surface area (Å²) in [6.45, 7) is 0. The van der Waals surface area contributed by atoms with Crippen molar-refractivity contribution < 1.29 is 0 Å². The van der Waals surface area contributed by atoms with Gasteiger partial charge in [0.05, 0.1) is 17.4 Å². The van der Waals surface area contributed by atoms with E-state index in [4.69, 9.17) is 0 Å². The molecule has 0 fully saturated rings. The summed E-state index contributed by atoms with van der Waals surface area (Å²) in [6.07, 6.45) is 1.37. The van der Waals surface area contributed by atoms with Gasteiger partial charge in [-0.2, -0.15) is 5.26 Å². The van der Waals surface area contributed by atoms with Gasteiger partial charge >= 0.3 is 0 Å². The zero-order valence-electron chi connectivity index (χ0n) is 14.4. The molecule has 2 aromatic carbocycles. The number of nitrogens with one attached hydrogen (secondary N) is 2. The van der Waals surface area contributed by atoms with E-state index in [1.807, 2.05) is 59.5 Å². The third-order valence-electron chi connectivity index (χ3n) is 4.37. The monoisotopic (exact) mass is 384 g/mol. The maximum Gasteiger partial charge on any atom is 0.267 e. The molecule has 2 aromatic heterocycles. The number of allylic oxidation sites excluding steroid dienone is 1.